The third-order valence-electron chi connectivity index (χ3n) is 5.12. The van der Waals surface area contributed by atoms with Crippen molar-refractivity contribution in [2.75, 3.05) is 46.9 Å². The van der Waals surface area contributed by atoms with Crippen molar-refractivity contribution in [3.8, 4) is 0 Å². The van der Waals surface area contributed by atoms with Gasteiger partial charge in [-0.2, -0.15) is 0 Å². The number of ether oxygens (including phenoxy) is 1. The SMILES string of the molecule is CN(C)S(=O)(=O)c1cccc(C[NH+]2CCN(C(=O)[C@@H]3CCCO3)CC2)c1. The van der Waals surface area contributed by atoms with Gasteiger partial charge in [-0.1, -0.05) is 12.1 Å². The second-order valence-electron chi connectivity index (χ2n) is 7.19. The van der Waals surface area contributed by atoms with Gasteiger partial charge in [-0.3, -0.25) is 4.79 Å². The molecule has 0 bridgehead atoms. The van der Waals surface area contributed by atoms with Gasteiger partial charge in [-0.15, -0.1) is 0 Å². The average Bonchev–Trinajstić information content (AvgIpc) is 3.16. The Morgan fingerprint density at radius 1 is 1.31 bits per heavy atom. The Hall–Kier alpha value is -1.48. The maximum absolute atomic E-state index is 12.4. The molecule has 8 heteroatoms. The third kappa shape index (κ3) is 4.25. The van der Waals surface area contributed by atoms with E-state index in [2.05, 4.69) is 0 Å². The number of benzene rings is 1. The molecule has 2 saturated heterocycles. The number of quaternary nitrogens is 1. The minimum Gasteiger partial charge on any atom is -0.368 e. The number of piperazine rings is 1. The first-order chi connectivity index (χ1) is 12.4. The highest BCUT2D eigenvalue weighted by Crippen LogP contribution is 2.16. The highest BCUT2D eigenvalue weighted by Gasteiger charge is 2.31. The quantitative estimate of drug-likeness (QED) is 0.734. The number of carbonyl (C=O) groups excluding carboxylic acids is 1. The molecule has 0 aliphatic carbocycles. The monoisotopic (exact) mass is 382 g/mol. The van der Waals surface area contributed by atoms with Gasteiger partial charge < -0.3 is 14.5 Å². The molecule has 0 aromatic heterocycles. The van der Waals surface area contributed by atoms with Crippen LogP contribution in [0.2, 0.25) is 0 Å². The van der Waals surface area contributed by atoms with Crippen molar-refractivity contribution < 1.29 is 22.8 Å². The second-order valence-corrected chi connectivity index (χ2v) is 9.34. The van der Waals surface area contributed by atoms with Crippen molar-refractivity contribution in [2.45, 2.75) is 30.4 Å². The molecule has 2 aliphatic rings. The van der Waals surface area contributed by atoms with Crippen LogP contribution in [0.25, 0.3) is 0 Å². The van der Waals surface area contributed by atoms with E-state index in [-0.39, 0.29) is 12.0 Å². The zero-order chi connectivity index (χ0) is 18.7. The van der Waals surface area contributed by atoms with Gasteiger partial charge in [0.2, 0.25) is 10.0 Å². The molecule has 1 atom stereocenters. The summed E-state index contributed by atoms with van der Waals surface area (Å²) in [7, 11) is -0.334. The molecule has 1 N–H and O–H groups in total. The molecule has 1 amide bonds. The van der Waals surface area contributed by atoms with Gasteiger partial charge in [0, 0.05) is 26.3 Å². The molecular weight excluding hydrogens is 354 g/mol. The third-order valence-corrected chi connectivity index (χ3v) is 6.93. The van der Waals surface area contributed by atoms with Gasteiger partial charge in [-0.05, 0) is 25.0 Å². The summed E-state index contributed by atoms with van der Waals surface area (Å²) in [6.45, 7) is 4.63. The Balaban J connectivity index is 1.57. The van der Waals surface area contributed by atoms with Gasteiger partial charge in [0.05, 0.1) is 31.1 Å². The number of nitrogens with one attached hydrogen (secondary N) is 1. The molecular formula is C18H28N3O4S+. The van der Waals surface area contributed by atoms with Gasteiger partial charge in [-0.25, -0.2) is 12.7 Å². The van der Waals surface area contributed by atoms with Crippen molar-refractivity contribution in [3.63, 3.8) is 0 Å². The minimum absolute atomic E-state index is 0.126. The summed E-state index contributed by atoms with van der Waals surface area (Å²) in [5, 5.41) is 0. The summed E-state index contributed by atoms with van der Waals surface area (Å²) in [5.74, 6) is 0.126. The Labute approximate surface area is 155 Å². The fraction of sp³-hybridized carbons (Fsp3) is 0.611. The van der Waals surface area contributed by atoms with Gasteiger partial charge in [0.25, 0.3) is 5.91 Å². The molecule has 26 heavy (non-hydrogen) atoms. The Bertz CT molecular complexity index is 737. The number of hydrogen-bond acceptors (Lipinski definition) is 4. The van der Waals surface area contributed by atoms with Gasteiger partial charge in [0.15, 0.2) is 0 Å². The van der Waals surface area contributed by atoms with Crippen LogP contribution < -0.4 is 4.90 Å². The molecule has 0 radical (unpaired) electrons. The van der Waals surface area contributed by atoms with Crippen LogP contribution in [-0.2, 0) is 26.1 Å². The number of amides is 1. The Morgan fingerprint density at radius 2 is 2.04 bits per heavy atom. The minimum atomic E-state index is -3.41. The van der Waals surface area contributed by atoms with Crippen molar-refractivity contribution >= 4 is 15.9 Å². The van der Waals surface area contributed by atoms with E-state index >= 15 is 0 Å². The number of rotatable bonds is 5. The van der Waals surface area contributed by atoms with Crippen LogP contribution in [0.15, 0.2) is 29.2 Å². The highest BCUT2D eigenvalue weighted by atomic mass is 32.2. The highest BCUT2D eigenvalue weighted by molar-refractivity contribution is 7.89. The number of sulfonamides is 1. The maximum atomic E-state index is 12.4. The number of carbonyl (C=O) groups is 1. The zero-order valence-corrected chi connectivity index (χ0v) is 16.3. The normalized spacial score (nSPS) is 22.1. The molecule has 1 aromatic rings. The predicted molar refractivity (Wildman–Crippen MR) is 97.3 cm³/mol. The van der Waals surface area contributed by atoms with Crippen LogP contribution in [0.4, 0.5) is 0 Å². The number of hydrogen-bond donors (Lipinski definition) is 1. The fourth-order valence-corrected chi connectivity index (χ4v) is 4.48. The summed E-state index contributed by atoms with van der Waals surface area (Å²) in [5.41, 5.74) is 1.00. The molecule has 144 valence electrons. The lowest BCUT2D eigenvalue weighted by Gasteiger charge is -2.33. The average molecular weight is 383 g/mol. The topological polar surface area (TPSA) is 71.4 Å². The van der Waals surface area contributed by atoms with Crippen molar-refractivity contribution in [1.29, 1.82) is 0 Å². The molecule has 2 fully saturated rings. The van der Waals surface area contributed by atoms with E-state index in [9.17, 15) is 13.2 Å². The lowest BCUT2D eigenvalue weighted by atomic mass is 10.1. The van der Waals surface area contributed by atoms with Gasteiger partial charge >= 0.3 is 0 Å². The van der Waals surface area contributed by atoms with Crippen LogP contribution in [0.1, 0.15) is 18.4 Å². The Morgan fingerprint density at radius 3 is 2.65 bits per heavy atom. The van der Waals surface area contributed by atoms with Crippen molar-refractivity contribution in [2.24, 2.45) is 0 Å². The largest absolute Gasteiger partial charge is 0.368 e. The van der Waals surface area contributed by atoms with E-state index in [0.29, 0.717) is 11.5 Å². The first-order valence-corrected chi connectivity index (χ1v) is 10.6. The zero-order valence-electron chi connectivity index (χ0n) is 15.5. The van der Waals surface area contributed by atoms with Crippen LogP contribution in [0.5, 0.6) is 0 Å². The number of nitrogens with zero attached hydrogens (tertiary/aromatic N) is 2. The first kappa shape index (κ1) is 19.3. The van der Waals surface area contributed by atoms with Crippen molar-refractivity contribution in [1.82, 2.24) is 9.21 Å². The second kappa shape index (κ2) is 8.04. The van der Waals surface area contributed by atoms with E-state index in [1.807, 2.05) is 11.0 Å². The summed E-state index contributed by atoms with van der Waals surface area (Å²) >= 11 is 0. The summed E-state index contributed by atoms with van der Waals surface area (Å²) in [6.07, 6.45) is 1.55. The van der Waals surface area contributed by atoms with E-state index < -0.39 is 10.0 Å². The van der Waals surface area contributed by atoms with Crippen LogP contribution in [0.3, 0.4) is 0 Å². The lowest BCUT2D eigenvalue weighted by Crippen LogP contribution is -3.13. The van der Waals surface area contributed by atoms with E-state index in [1.54, 1.807) is 18.2 Å². The predicted octanol–water partition coefficient (Wildman–Crippen LogP) is -0.657. The molecule has 3 rings (SSSR count). The standard InChI is InChI=1S/C18H27N3O4S/c1-19(2)26(23,24)16-6-3-5-15(13-16)14-20-8-10-21(11-9-20)18(22)17-7-4-12-25-17/h3,5-6,13,17H,4,7-12,14H2,1-2H3/p+1/t17-/m0/s1. The van der Waals surface area contributed by atoms with Crippen LogP contribution >= 0.6 is 0 Å². The molecule has 2 aliphatic heterocycles. The fourth-order valence-electron chi connectivity index (χ4n) is 3.51. The summed E-state index contributed by atoms with van der Waals surface area (Å²) < 4.78 is 31.3. The van der Waals surface area contributed by atoms with Crippen LogP contribution in [-0.4, -0.2) is 76.5 Å². The van der Waals surface area contributed by atoms with Gasteiger partial charge in [0.1, 0.15) is 12.6 Å². The molecule has 0 unspecified atom stereocenters. The lowest BCUT2D eigenvalue weighted by molar-refractivity contribution is -0.917. The Kier molecular flexibility index (Phi) is 5.96. The van der Waals surface area contributed by atoms with Crippen LogP contribution in [0, 0.1) is 0 Å². The maximum Gasteiger partial charge on any atom is 0.252 e. The first-order valence-electron chi connectivity index (χ1n) is 9.13. The molecule has 7 nitrogen and oxygen atoms in total. The van der Waals surface area contributed by atoms with Crippen molar-refractivity contribution in [3.05, 3.63) is 29.8 Å². The van der Waals surface area contributed by atoms with E-state index in [0.717, 1.165) is 51.1 Å². The summed E-state index contributed by atoms with van der Waals surface area (Å²) in [4.78, 5) is 16.0. The molecule has 1 aromatic carbocycles. The molecule has 2 heterocycles. The van der Waals surface area contributed by atoms with E-state index in [1.165, 1.54) is 23.3 Å². The van der Waals surface area contributed by atoms with E-state index in [4.69, 9.17) is 4.74 Å². The molecule has 0 spiro atoms. The smallest absolute Gasteiger partial charge is 0.252 e. The molecule has 0 saturated carbocycles. The summed E-state index contributed by atoms with van der Waals surface area (Å²) in [6, 6.07) is 7.15.